The minimum Gasteiger partial charge on any atom is -0.505 e. The summed E-state index contributed by atoms with van der Waals surface area (Å²) in [5.41, 5.74) is 2.83. The number of aromatic amines is 1. The van der Waals surface area contributed by atoms with Crippen LogP contribution in [-0.4, -0.2) is 10.1 Å². The Morgan fingerprint density at radius 3 is 2.84 bits per heavy atom. The van der Waals surface area contributed by atoms with Crippen molar-refractivity contribution < 1.29 is 9.50 Å². The van der Waals surface area contributed by atoms with Crippen molar-refractivity contribution in [3.63, 3.8) is 0 Å². The number of halogens is 1. The number of hydrogen-bond donors (Lipinski definition) is 3. The fraction of sp³-hybridized carbons (Fsp3) is 0.0667. The maximum Gasteiger partial charge on any atom is 0.166 e. The van der Waals surface area contributed by atoms with Gasteiger partial charge >= 0.3 is 0 Å². The van der Waals surface area contributed by atoms with Crippen molar-refractivity contribution in [1.82, 2.24) is 4.98 Å². The molecule has 0 unspecified atom stereocenters. The van der Waals surface area contributed by atoms with Gasteiger partial charge in [-0.25, -0.2) is 4.39 Å². The first-order chi connectivity index (χ1) is 9.24. The number of phenols is 1. The van der Waals surface area contributed by atoms with E-state index in [1.807, 2.05) is 30.5 Å². The molecule has 3 nitrogen and oxygen atoms in total. The van der Waals surface area contributed by atoms with Crippen molar-refractivity contribution in [3.8, 4) is 5.75 Å². The molecular formula is C15H13FN2O. The first kappa shape index (κ1) is 11.6. The predicted molar refractivity (Wildman–Crippen MR) is 73.7 cm³/mol. The highest BCUT2D eigenvalue weighted by Gasteiger charge is 2.04. The van der Waals surface area contributed by atoms with Crippen LogP contribution in [0.15, 0.2) is 48.7 Å². The van der Waals surface area contributed by atoms with Gasteiger partial charge in [-0.1, -0.05) is 18.2 Å². The Bertz CT molecular complexity index is 721. The van der Waals surface area contributed by atoms with E-state index >= 15 is 0 Å². The predicted octanol–water partition coefficient (Wildman–Crippen LogP) is 3.62. The van der Waals surface area contributed by atoms with Crippen molar-refractivity contribution >= 4 is 16.6 Å². The standard InChI is InChI=1S/C15H13FN2O/c16-13-7-11(5-6-15(13)19)17-8-10-9-18-14-4-2-1-3-12(10)14/h1-7,9,17-19H,8H2. The number of rotatable bonds is 3. The minimum atomic E-state index is -0.621. The lowest BCUT2D eigenvalue weighted by Gasteiger charge is -2.06. The first-order valence-corrected chi connectivity index (χ1v) is 6.01. The summed E-state index contributed by atoms with van der Waals surface area (Å²) >= 11 is 0. The number of H-pyrrole nitrogens is 1. The molecule has 0 aliphatic rings. The molecule has 19 heavy (non-hydrogen) atoms. The molecule has 1 aromatic heterocycles. The zero-order valence-corrected chi connectivity index (χ0v) is 10.2. The van der Waals surface area contributed by atoms with Gasteiger partial charge in [0.15, 0.2) is 11.6 Å². The smallest absolute Gasteiger partial charge is 0.166 e. The zero-order valence-electron chi connectivity index (χ0n) is 10.2. The number of nitrogens with one attached hydrogen (secondary N) is 2. The van der Waals surface area contributed by atoms with Crippen LogP contribution in [0.25, 0.3) is 10.9 Å². The van der Waals surface area contributed by atoms with Crippen molar-refractivity contribution in [2.24, 2.45) is 0 Å². The average molecular weight is 256 g/mol. The van der Waals surface area contributed by atoms with Crippen LogP contribution in [0.3, 0.4) is 0 Å². The summed E-state index contributed by atoms with van der Waals surface area (Å²) in [4.78, 5) is 3.19. The third-order valence-electron chi connectivity index (χ3n) is 3.11. The third-order valence-corrected chi connectivity index (χ3v) is 3.11. The molecule has 3 aromatic rings. The number of anilines is 1. The second kappa shape index (κ2) is 4.65. The summed E-state index contributed by atoms with van der Waals surface area (Å²) in [5.74, 6) is -0.957. The van der Waals surface area contributed by atoms with Crippen LogP contribution < -0.4 is 5.32 Å². The van der Waals surface area contributed by atoms with Gasteiger partial charge in [0.2, 0.25) is 0 Å². The van der Waals surface area contributed by atoms with Gasteiger partial charge in [0, 0.05) is 35.4 Å². The highest BCUT2D eigenvalue weighted by atomic mass is 19.1. The van der Waals surface area contributed by atoms with Crippen LogP contribution in [0, 0.1) is 5.82 Å². The van der Waals surface area contributed by atoms with E-state index in [1.165, 1.54) is 12.1 Å². The number of benzene rings is 2. The SMILES string of the molecule is Oc1ccc(NCc2c[nH]c3ccccc23)cc1F. The normalized spacial score (nSPS) is 10.8. The van der Waals surface area contributed by atoms with Gasteiger partial charge < -0.3 is 15.4 Å². The van der Waals surface area contributed by atoms with E-state index < -0.39 is 5.82 Å². The van der Waals surface area contributed by atoms with Crippen molar-refractivity contribution in [1.29, 1.82) is 0 Å². The fourth-order valence-corrected chi connectivity index (χ4v) is 2.09. The summed E-state index contributed by atoms with van der Waals surface area (Å²) in [6, 6.07) is 12.3. The quantitative estimate of drug-likeness (QED) is 0.627. The van der Waals surface area contributed by atoms with Gasteiger partial charge in [-0.2, -0.15) is 0 Å². The second-order valence-electron chi connectivity index (χ2n) is 4.38. The maximum absolute atomic E-state index is 13.2. The van der Waals surface area contributed by atoms with Gasteiger partial charge in [-0.05, 0) is 23.8 Å². The van der Waals surface area contributed by atoms with E-state index in [2.05, 4.69) is 10.3 Å². The van der Waals surface area contributed by atoms with Crippen molar-refractivity contribution in [2.45, 2.75) is 6.54 Å². The van der Waals surface area contributed by atoms with E-state index in [9.17, 15) is 4.39 Å². The molecule has 4 heteroatoms. The largest absolute Gasteiger partial charge is 0.505 e. The molecular weight excluding hydrogens is 243 g/mol. The number of aromatic nitrogens is 1. The highest BCUT2D eigenvalue weighted by molar-refractivity contribution is 5.83. The molecule has 0 radical (unpaired) electrons. The lowest BCUT2D eigenvalue weighted by molar-refractivity contribution is 0.432. The molecule has 1 heterocycles. The Balaban J connectivity index is 1.80. The molecule has 0 fully saturated rings. The highest BCUT2D eigenvalue weighted by Crippen LogP contribution is 2.22. The van der Waals surface area contributed by atoms with Gasteiger partial charge in [-0.15, -0.1) is 0 Å². The van der Waals surface area contributed by atoms with E-state index in [1.54, 1.807) is 6.07 Å². The minimum absolute atomic E-state index is 0.336. The van der Waals surface area contributed by atoms with E-state index in [0.29, 0.717) is 12.2 Å². The molecule has 0 bridgehead atoms. The summed E-state index contributed by atoms with van der Waals surface area (Å²) < 4.78 is 13.2. The van der Waals surface area contributed by atoms with Gasteiger partial charge in [-0.3, -0.25) is 0 Å². The summed E-state index contributed by atoms with van der Waals surface area (Å²) in [7, 11) is 0. The van der Waals surface area contributed by atoms with Gasteiger partial charge in [0.05, 0.1) is 0 Å². The number of hydrogen-bond acceptors (Lipinski definition) is 2. The molecule has 96 valence electrons. The monoisotopic (exact) mass is 256 g/mol. The Kier molecular flexibility index (Phi) is 2.83. The molecule has 0 aliphatic carbocycles. The number of aromatic hydroxyl groups is 1. The third kappa shape index (κ3) is 2.25. The molecule has 3 N–H and O–H groups in total. The number of para-hydroxylation sites is 1. The van der Waals surface area contributed by atoms with Crippen LogP contribution in [0.4, 0.5) is 10.1 Å². The molecule has 0 atom stereocenters. The summed E-state index contributed by atoms with van der Waals surface area (Å²) in [6.45, 7) is 0.591. The Labute approximate surface area is 109 Å². The van der Waals surface area contributed by atoms with E-state index in [0.717, 1.165) is 16.5 Å². The topological polar surface area (TPSA) is 48.0 Å². The lowest BCUT2D eigenvalue weighted by atomic mass is 10.2. The van der Waals surface area contributed by atoms with E-state index in [4.69, 9.17) is 5.11 Å². The second-order valence-corrected chi connectivity index (χ2v) is 4.38. The Morgan fingerprint density at radius 2 is 2.00 bits per heavy atom. The molecule has 0 saturated heterocycles. The lowest BCUT2D eigenvalue weighted by Crippen LogP contribution is -1.98. The molecule has 3 rings (SSSR count). The van der Waals surface area contributed by atoms with Crippen LogP contribution in [0.5, 0.6) is 5.75 Å². The van der Waals surface area contributed by atoms with Crippen molar-refractivity contribution in [3.05, 3.63) is 60.0 Å². The summed E-state index contributed by atoms with van der Waals surface area (Å²) in [6.07, 6.45) is 1.94. The molecule has 0 saturated carbocycles. The molecule has 0 amide bonds. The fourth-order valence-electron chi connectivity index (χ4n) is 2.09. The van der Waals surface area contributed by atoms with Gasteiger partial charge in [0.25, 0.3) is 0 Å². The average Bonchev–Trinajstić information content (AvgIpc) is 2.83. The summed E-state index contributed by atoms with van der Waals surface area (Å²) in [5, 5.41) is 13.4. The van der Waals surface area contributed by atoms with Crippen molar-refractivity contribution in [2.75, 3.05) is 5.32 Å². The molecule has 0 spiro atoms. The Morgan fingerprint density at radius 1 is 1.16 bits per heavy atom. The van der Waals surface area contributed by atoms with Crippen LogP contribution in [-0.2, 0) is 6.54 Å². The van der Waals surface area contributed by atoms with Crippen LogP contribution >= 0.6 is 0 Å². The zero-order chi connectivity index (χ0) is 13.2. The van der Waals surface area contributed by atoms with Crippen LogP contribution in [0.2, 0.25) is 0 Å². The maximum atomic E-state index is 13.2. The van der Waals surface area contributed by atoms with E-state index in [-0.39, 0.29) is 5.75 Å². The number of fused-ring (bicyclic) bond motifs is 1. The number of phenolic OH excluding ortho intramolecular Hbond substituents is 1. The molecule has 2 aromatic carbocycles. The van der Waals surface area contributed by atoms with Crippen LogP contribution in [0.1, 0.15) is 5.56 Å². The van der Waals surface area contributed by atoms with Gasteiger partial charge in [0.1, 0.15) is 0 Å². The molecule has 0 aliphatic heterocycles. The Hall–Kier alpha value is -2.49. The first-order valence-electron chi connectivity index (χ1n) is 6.01.